The number of amides is 1. The van der Waals surface area contributed by atoms with Crippen LogP contribution >= 0.6 is 11.6 Å². The fourth-order valence-corrected chi connectivity index (χ4v) is 3.05. The highest BCUT2D eigenvalue weighted by molar-refractivity contribution is 7.90. The molecule has 2 rings (SSSR count). The molecule has 0 atom stereocenters. The molecule has 1 aromatic heterocycles. The molecule has 1 amide bonds. The van der Waals surface area contributed by atoms with E-state index >= 15 is 0 Å². The van der Waals surface area contributed by atoms with Gasteiger partial charge < -0.3 is 10.3 Å². The molecule has 0 spiro atoms. The fourth-order valence-electron chi connectivity index (χ4n) is 1.97. The SMILES string of the molecule is CS(=O)(=O)c1ccc(F)cc1CNC(=O)c1cc(Cl)c[nH]c1=N. The maximum absolute atomic E-state index is 13.3. The van der Waals surface area contributed by atoms with Gasteiger partial charge in [-0.25, -0.2) is 12.8 Å². The smallest absolute Gasteiger partial charge is 0.255 e. The number of hydrogen-bond acceptors (Lipinski definition) is 4. The van der Waals surface area contributed by atoms with Crippen LogP contribution in [0.3, 0.4) is 0 Å². The Labute approximate surface area is 136 Å². The second kappa shape index (κ2) is 6.51. The Balaban J connectivity index is 2.28. The van der Waals surface area contributed by atoms with Crippen molar-refractivity contribution in [1.29, 1.82) is 5.41 Å². The molecular formula is C14H13ClFN3O3S. The number of benzene rings is 1. The Morgan fingerprint density at radius 2 is 2.09 bits per heavy atom. The van der Waals surface area contributed by atoms with Crippen molar-refractivity contribution in [2.24, 2.45) is 0 Å². The summed E-state index contributed by atoms with van der Waals surface area (Å²) in [5, 5.41) is 10.3. The van der Waals surface area contributed by atoms with Gasteiger partial charge in [-0.15, -0.1) is 0 Å². The van der Waals surface area contributed by atoms with Crippen LogP contribution in [0.25, 0.3) is 0 Å². The van der Waals surface area contributed by atoms with Crippen LogP contribution in [-0.4, -0.2) is 25.6 Å². The van der Waals surface area contributed by atoms with Gasteiger partial charge in [-0.3, -0.25) is 10.2 Å². The molecule has 1 aromatic carbocycles. The van der Waals surface area contributed by atoms with Gasteiger partial charge in [-0.1, -0.05) is 11.6 Å². The van der Waals surface area contributed by atoms with Crippen LogP contribution in [0.5, 0.6) is 0 Å². The number of hydrogen-bond donors (Lipinski definition) is 3. The molecule has 6 nitrogen and oxygen atoms in total. The number of aromatic nitrogens is 1. The molecule has 9 heteroatoms. The van der Waals surface area contributed by atoms with Gasteiger partial charge in [-0.05, 0) is 29.8 Å². The molecule has 0 fully saturated rings. The third-order valence-electron chi connectivity index (χ3n) is 3.01. The second-order valence-corrected chi connectivity index (χ2v) is 7.23. The number of aromatic amines is 1. The molecule has 0 aliphatic heterocycles. The molecule has 1 heterocycles. The Morgan fingerprint density at radius 1 is 1.39 bits per heavy atom. The van der Waals surface area contributed by atoms with Gasteiger partial charge in [0, 0.05) is 19.0 Å². The summed E-state index contributed by atoms with van der Waals surface area (Å²) < 4.78 is 36.7. The molecule has 0 radical (unpaired) electrons. The van der Waals surface area contributed by atoms with Crippen LogP contribution in [-0.2, 0) is 16.4 Å². The number of nitrogens with one attached hydrogen (secondary N) is 3. The number of carbonyl (C=O) groups is 1. The zero-order valence-electron chi connectivity index (χ0n) is 12.0. The van der Waals surface area contributed by atoms with Crippen molar-refractivity contribution < 1.29 is 17.6 Å². The molecule has 2 aromatic rings. The van der Waals surface area contributed by atoms with E-state index in [1.165, 1.54) is 12.3 Å². The largest absolute Gasteiger partial charge is 0.348 e. The summed E-state index contributed by atoms with van der Waals surface area (Å²) in [6, 6.07) is 4.53. The van der Waals surface area contributed by atoms with E-state index in [4.69, 9.17) is 17.0 Å². The molecule has 23 heavy (non-hydrogen) atoms. The quantitative estimate of drug-likeness (QED) is 0.724. The topological polar surface area (TPSA) is 103 Å². The molecule has 0 saturated carbocycles. The highest BCUT2D eigenvalue weighted by Crippen LogP contribution is 2.17. The zero-order chi connectivity index (χ0) is 17.2. The first kappa shape index (κ1) is 17.2. The van der Waals surface area contributed by atoms with Crippen LogP contribution in [0.4, 0.5) is 4.39 Å². The Hall–Kier alpha value is -2.19. The van der Waals surface area contributed by atoms with Gasteiger partial charge in [0.1, 0.15) is 11.3 Å². The van der Waals surface area contributed by atoms with Gasteiger partial charge >= 0.3 is 0 Å². The molecule has 0 saturated heterocycles. The predicted octanol–water partition coefficient (Wildman–Crippen LogP) is 1.62. The van der Waals surface area contributed by atoms with Gasteiger partial charge in [-0.2, -0.15) is 0 Å². The number of halogens is 2. The maximum atomic E-state index is 13.3. The summed E-state index contributed by atoms with van der Waals surface area (Å²) >= 11 is 5.76. The third kappa shape index (κ3) is 4.17. The lowest BCUT2D eigenvalue weighted by molar-refractivity contribution is 0.0948. The summed E-state index contributed by atoms with van der Waals surface area (Å²) in [6.45, 7) is -0.203. The normalized spacial score (nSPS) is 11.3. The highest BCUT2D eigenvalue weighted by Gasteiger charge is 2.16. The minimum Gasteiger partial charge on any atom is -0.348 e. The molecular weight excluding hydrogens is 345 g/mol. The predicted molar refractivity (Wildman–Crippen MR) is 82.3 cm³/mol. The first-order valence-electron chi connectivity index (χ1n) is 6.38. The zero-order valence-corrected chi connectivity index (χ0v) is 13.6. The number of pyridine rings is 1. The summed E-state index contributed by atoms with van der Waals surface area (Å²) in [7, 11) is -3.56. The molecule has 122 valence electrons. The van der Waals surface area contributed by atoms with Gasteiger partial charge in [0.25, 0.3) is 5.91 Å². The van der Waals surface area contributed by atoms with E-state index in [-0.39, 0.29) is 33.1 Å². The number of rotatable bonds is 4. The third-order valence-corrected chi connectivity index (χ3v) is 4.43. The summed E-state index contributed by atoms with van der Waals surface area (Å²) in [4.78, 5) is 14.5. The number of sulfone groups is 1. The number of H-pyrrole nitrogens is 1. The Kier molecular flexibility index (Phi) is 4.86. The standard InChI is InChI=1S/C14H13ClFN3O3S/c1-23(21,22)12-3-2-10(16)4-8(12)6-19-14(20)11-5-9(15)7-18-13(11)17/h2-5,7H,6H2,1H3,(H2,17,18)(H,19,20). The van der Waals surface area contributed by atoms with Crippen LogP contribution in [0.2, 0.25) is 5.02 Å². The lowest BCUT2D eigenvalue weighted by Crippen LogP contribution is -2.29. The minimum atomic E-state index is -3.56. The minimum absolute atomic E-state index is 0.00481. The van der Waals surface area contributed by atoms with E-state index in [2.05, 4.69) is 10.3 Å². The van der Waals surface area contributed by atoms with E-state index in [9.17, 15) is 17.6 Å². The van der Waals surface area contributed by atoms with Crippen molar-refractivity contribution in [1.82, 2.24) is 10.3 Å². The molecule has 0 unspecified atom stereocenters. The molecule has 0 aliphatic rings. The average molecular weight is 358 g/mol. The van der Waals surface area contributed by atoms with Crippen LogP contribution in [0, 0.1) is 11.2 Å². The maximum Gasteiger partial charge on any atom is 0.255 e. The van der Waals surface area contributed by atoms with E-state index < -0.39 is 21.6 Å². The van der Waals surface area contributed by atoms with Crippen molar-refractivity contribution >= 4 is 27.3 Å². The summed E-state index contributed by atoms with van der Waals surface area (Å²) in [6.07, 6.45) is 2.36. The van der Waals surface area contributed by atoms with E-state index in [0.717, 1.165) is 24.5 Å². The lowest BCUT2D eigenvalue weighted by Gasteiger charge is -2.10. The molecule has 0 bridgehead atoms. The number of carbonyl (C=O) groups excluding carboxylic acids is 1. The van der Waals surface area contributed by atoms with Crippen LogP contribution < -0.4 is 10.8 Å². The lowest BCUT2D eigenvalue weighted by atomic mass is 10.2. The van der Waals surface area contributed by atoms with E-state index in [1.54, 1.807) is 0 Å². The van der Waals surface area contributed by atoms with E-state index in [0.29, 0.717) is 0 Å². The van der Waals surface area contributed by atoms with Gasteiger partial charge in [0.15, 0.2) is 9.84 Å². The first-order valence-corrected chi connectivity index (χ1v) is 8.65. The average Bonchev–Trinajstić information content (AvgIpc) is 2.46. The van der Waals surface area contributed by atoms with Crippen molar-refractivity contribution in [3.63, 3.8) is 0 Å². The van der Waals surface area contributed by atoms with Crippen molar-refractivity contribution in [2.75, 3.05) is 6.26 Å². The Bertz CT molecular complexity index is 925. The first-order chi connectivity index (χ1) is 10.7. The van der Waals surface area contributed by atoms with Crippen molar-refractivity contribution in [2.45, 2.75) is 11.4 Å². The monoisotopic (exact) mass is 357 g/mol. The van der Waals surface area contributed by atoms with Crippen molar-refractivity contribution in [3.05, 3.63) is 57.9 Å². The van der Waals surface area contributed by atoms with Gasteiger partial charge in [0.2, 0.25) is 0 Å². The summed E-state index contributed by atoms with van der Waals surface area (Å²) in [5.74, 6) is -1.24. The molecule has 3 N–H and O–H groups in total. The summed E-state index contributed by atoms with van der Waals surface area (Å²) in [5.41, 5.74) is -0.0253. The van der Waals surface area contributed by atoms with E-state index in [1.807, 2.05) is 0 Å². The second-order valence-electron chi connectivity index (χ2n) is 4.81. The van der Waals surface area contributed by atoms with Gasteiger partial charge in [0.05, 0.1) is 15.5 Å². The Morgan fingerprint density at radius 3 is 2.74 bits per heavy atom. The molecule has 0 aliphatic carbocycles. The van der Waals surface area contributed by atoms with Crippen molar-refractivity contribution in [3.8, 4) is 0 Å². The van der Waals surface area contributed by atoms with Crippen LogP contribution in [0.1, 0.15) is 15.9 Å². The van der Waals surface area contributed by atoms with Crippen LogP contribution in [0.15, 0.2) is 35.4 Å². The fraction of sp³-hybridized carbons (Fsp3) is 0.143. The highest BCUT2D eigenvalue weighted by atomic mass is 35.5.